The third kappa shape index (κ3) is 3.66. The van der Waals surface area contributed by atoms with Gasteiger partial charge in [0, 0.05) is 11.1 Å². The van der Waals surface area contributed by atoms with Crippen LogP contribution in [0, 0.1) is 13.8 Å². The van der Waals surface area contributed by atoms with Crippen LogP contribution in [0.25, 0.3) is 0 Å². The van der Waals surface area contributed by atoms with E-state index in [1.165, 1.54) is 5.56 Å². The maximum Gasteiger partial charge on any atom is 0.245 e. The summed E-state index contributed by atoms with van der Waals surface area (Å²) in [5.41, 5.74) is 3.26. The molecule has 0 atom stereocenters. The van der Waals surface area contributed by atoms with Crippen LogP contribution in [-0.2, 0) is 13.0 Å². The van der Waals surface area contributed by atoms with Crippen LogP contribution in [0.5, 0.6) is 0 Å². The van der Waals surface area contributed by atoms with E-state index in [-0.39, 0.29) is 0 Å². The van der Waals surface area contributed by atoms with E-state index in [2.05, 4.69) is 39.5 Å². The maximum atomic E-state index is 5.24. The van der Waals surface area contributed by atoms with Crippen LogP contribution < -0.4 is 5.32 Å². The molecule has 21 heavy (non-hydrogen) atoms. The van der Waals surface area contributed by atoms with Crippen molar-refractivity contribution in [2.24, 2.45) is 0 Å². The monoisotopic (exact) mass is 300 g/mol. The number of nitrogens with one attached hydrogen (secondary N) is 1. The highest BCUT2D eigenvalue weighted by Gasteiger charge is 2.08. The zero-order valence-electron chi connectivity index (χ0n) is 12.0. The number of nitrogens with zero attached hydrogens (tertiary/aromatic N) is 3. The van der Waals surface area contributed by atoms with Gasteiger partial charge in [0.05, 0.1) is 23.7 Å². The van der Waals surface area contributed by atoms with E-state index < -0.39 is 0 Å². The minimum atomic E-state index is 0.520. The first kappa shape index (κ1) is 13.8. The lowest BCUT2D eigenvalue weighted by Crippen LogP contribution is -2.00. The van der Waals surface area contributed by atoms with Gasteiger partial charge < -0.3 is 9.84 Å². The minimum Gasteiger partial charge on any atom is -0.376 e. The molecule has 6 heteroatoms. The van der Waals surface area contributed by atoms with Crippen LogP contribution in [0.2, 0.25) is 0 Å². The average Bonchev–Trinajstić information content (AvgIpc) is 3.08. The van der Waals surface area contributed by atoms with Crippen molar-refractivity contribution < 1.29 is 4.52 Å². The number of hydrogen-bond acceptors (Lipinski definition) is 6. The van der Waals surface area contributed by atoms with Crippen LogP contribution in [0.1, 0.15) is 28.0 Å². The molecule has 1 N–H and O–H groups in total. The molecule has 0 unspecified atom stereocenters. The summed E-state index contributed by atoms with van der Waals surface area (Å²) in [6.45, 7) is 4.57. The molecular weight excluding hydrogens is 284 g/mol. The molecule has 0 aliphatic carbocycles. The number of aryl methyl sites for hydroxylation is 2. The fourth-order valence-electron chi connectivity index (χ4n) is 1.93. The van der Waals surface area contributed by atoms with Crippen molar-refractivity contribution in [3.05, 3.63) is 57.6 Å². The maximum absolute atomic E-state index is 5.24. The van der Waals surface area contributed by atoms with E-state index in [0.717, 1.165) is 16.4 Å². The van der Waals surface area contributed by atoms with E-state index in [1.54, 1.807) is 11.3 Å². The molecule has 0 bridgehead atoms. The predicted octanol–water partition coefficient (Wildman–Crippen LogP) is 3.35. The van der Waals surface area contributed by atoms with Crippen LogP contribution in [-0.4, -0.2) is 15.1 Å². The fourth-order valence-corrected chi connectivity index (χ4v) is 2.55. The van der Waals surface area contributed by atoms with E-state index >= 15 is 0 Å². The Morgan fingerprint density at radius 3 is 2.67 bits per heavy atom. The van der Waals surface area contributed by atoms with Crippen molar-refractivity contribution in [2.75, 3.05) is 5.32 Å². The topological polar surface area (TPSA) is 63.8 Å². The van der Waals surface area contributed by atoms with Gasteiger partial charge in [-0.2, -0.15) is 4.98 Å². The van der Waals surface area contributed by atoms with Gasteiger partial charge in [-0.05, 0) is 26.0 Å². The Balaban J connectivity index is 1.58. The molecule has 3 aromatic rings. The molecule has 108 valence electrons. The Kier molecular flexibility index (Phi) is 3.96. The van der Waals surface area contributed by atoms with E-state index in [9.17, 15) is 0 Å². The quantitative estimate of drug-likeness (QED) is 0.783. The zero-order valence-corrected chi connectivity index (χ0v) is 12.8. The highest BCUT2D eigenvalue weighted by Crippen LogP contribution is 2.13. The molecule has 2 heterocycles. The van der Waals surface area contributed by atoms with Crippen molar-refractivity contribution in [3.8, 4) is 0 Å². The average molecular weight is 300 g/mol. The molecule has 5 nitrogen and oxygen atoms in total. The van der Waals surface area contributed by atoms with Crippen molar-refractivity contribution in [1.29, 1.82) is 0 Å². The van der Waals surface area contributed by atoms with Crippen molar-refractivity contribution in [3.63, 3.8) is 0 Å². The van der Waals surface area contributed by atoms with E-state index in [0.29, 0.717) is 24.7 Å². The van der Waals surface area contributed by atoms with Gasteiger partial charge in [-0.15, -0.1) is 11.3 Å². The molecule has 2 aromatic heterocycles. The summed E-state index contributed by atoms with van der Waals surface area (Å²) in [5, 5.41) is 10.3. The number of aromatic nitrogens is 3. The van der Waals surface area contributed by atoms with Crippen molar-refractivity contribution >= 4 is 17.0 Å². The van der Waals surface area contributed by atoms with Gasteiger partial charge in [0.25, 0.3) is 0 Å². The van der Waals surface area contributed by atoms with Gasteiger partial charge in [0.2, 0.25) is 5.89 Å². The summed E-state index contributed by atoms with van der Waals surface area (Å²) >= 11 is 1.63. The lowest BCUT2D eigenvalue weighted by Gasteiger charge is -2.02. The largest absolute Gasteiger partial charge is 0.376 e. The lowest BCUT2D eigenvalue weighted by molar-refractivity contribution is 0.378. The van der Waals surface area contributed by atoms with Crippen LogP contribution in [0.4, 0.5) is 5.69 Å². The molecule has 0 aliphatic heterocycles. The van der Waals surface area contributed by atoms with Crippen LogP contribution in [0.15, 0.2) is 34.2 Å². The van der Waals surface area contributed by atoms with Gasteiger partial charge in [0.1, 0.15) is 0 Å². The summed E-state index contributed by atoms with van der Waals surface area (Å²) in [7, 11) is 0. The molecule has 0 fully saturated rings. The fraction of sp³-hybridized carbons (Fsp3) is 0.267. The molecule has 0 amide bonds. The van der Waals surface area contributed by atoms with Crippen LogP contribution in [0.3, 0.4) is 0 Å². The van der Waals surface area contributed by atoms with E-state index in [1.807, 2.05) is 24.4 Å². The second-order valence-electron chi connectivity index (χ2n) is 4.86. The normalized spacial score (nSPS) is 10.8. The van der Waals surface area contributed by atoms with Crippen molar-refractivity contribution in [2.45, 2.75) is 26.8 Å². The number of thiazole rings is 1. The summed E-state index contributed by atoms with van der Waals surface area (Å²) < 4.78 is 5.24. The first-order valence-corrected chi connectivity index (χ1v) is 7.60. The van der Waals surface area contributed by atoms with Gasteiger partial charge in [-0.1, -0.05) is 22.9 Å². The van der Waals surface area contributed by atoms with Gasteiger partial charge >= 0.3 is 0 Å². The Bertz CT molecular complexity index is 717. The summed E-state index contributed by atoms with van der Waals surface area (Å²) in [5.74, 6) is 1.25. The zero-order chi connectivity index (χ0) is 14.7. The standard InChI is InChI=1S/C15H16N4OS/c1-10-3-5-12(6-4-10)16-8-15-18-14(19-20-15)7-13-9-21-11(2)17-13/h3-6,9,16H,7-8H2,1-2H3. The SMILES string of the molecule is Cc1ccc(NCc2nc(Cc3csc(C)n3)no2)cc1. The number of anilines is 1. The lowest BCUT2D eigenvalue weighted by atomic mass is 10.2. The second kappa shape index (κ2) is 6.05. The van der Waals surface area contributed by atoms with Crippen LogP contribution >= 0.6 is 11.3 Å². The molecule has 0 aliphatic rings. The molecule has 0 radical (unpaired) electrons. The second-order valence-corrected chi connectivity index (χ2v) is 5.92. The van der Waals surface area contributed by atoms with Gasteiger partial charge in [-0.25, -0.2) is 4.98 Å². The highest BCUT2D eigenvalue weighted by molar-refractivity contribution is 7.09. The number of benzene rings is 1. The Labute approximate surface area is 127 Å². The predicted molar refractivity (Wildman–Crippen MR) is 82.5 cm³/mol. The molecule has 3 rings (SSSR count). The van der Waals surface area contributed by atoms with Crippen molar-refractivity contribution in [1.82, 2.24) is 15.1 Å². The summed E-state index contributed by atoms with van der Waals surface area (Å²) in [6, 6.07) is 8.19. The smallest absolute Gasteiger partial charge is 0.245 e. The number of hydrogen-bond donors (Lipinski definition) is 1. The van der Waals surface area contributed by atoms with Gasteiger partial charge in [-0.3, -0.25) is 0 Å². The minimum absolute atomic E-state index is 0.520. The Hall–Kier alpha value is -2.21. The third-order valence-electron chi connectivity index (χ3n) is 3.01. The molecule has 0 spiro atoms. The Morgan fingerprint density at radius 2 is 1.95 bits per heavy atom. The first-order valence-electron chi connectivity index (χ1n) is 6.72. The first-order chi connectivity index (χ1) is 10.2. The summed E-state index contributed by atoms with van der Waals surface area (Å²) in [6.07, 6.45) is 0.609. The molecular formula is C15H16N4OS. The van der Waals surface area contributed by atoms with E-state index in [4.69, 9.17) is 4.52 Å². The third-order valence-corrected chi connectivity index (χ3v) is 3.83. The molecule has 0 saturated heterocycles. The Morgan fingerprint density at radius 1 is 1.14 bits per heavy atom. The highest BCUT2D eigenvalue weighted by atomic mass is 32.1. The molecule has 0 saturated carbocycles. The number of rotatable bonds is 5. The molecule has 1 aromatic carbocycles. The summed E-state index contributed by atoms with van der Waals surface area (Å²) in [4.78, 5) is 8.77. The van der Waals surface area contributed by atoms with Gasteiger partial charge in [0.15, 0.2) is 5.82 Å².